The number of pyridine rings is 1. The summed E-state index contributed by atoms with van der Waals surface area (Å²) < 4.78 is 6.12. The molecule has 8 heteroatoms. The molecule has 2 aromatic heterocycles. The van der Waals surface area contributed by atoms with Gasteiger partial charge in [0.25, 0.3) is 0 Å². The molecule has 30 heavy (non-hydrogen) atoms. The Balaban J connectivity index is 1.89. The number of halogens is 1. The maximum Gasteiger partial charge on any atom is 0.222 e. The van der Waals surface area contributed by atoms with Crippen LogP contribution in [-0.4, -0.2) is 41.2 Å². The molecular formula is C22H27ClN6O. The van der Waals surface area contributed by atoms with Gasteiger partial charge in [0.15, 0.2) is 5.65 Å². The molecule has 0 radical (unpaired) electrons. The standard InChI is InChI=1S/C22H27ClN6O/c1-13(2)12-30-18-5-3-4-17(23)19(18)16-8-15-10-26-22(25)28-20(15)27-21(16)29-7-6-14(9-24)11-29/h3-5,8,10,13-14H,6-7,9,11-12,24H2,1-2H3,(H2,25,26,27,28)/t14-/m1/s1. The SMILES string of the molecule is CC(C)COc1cccc(Cl)c1-c1cc2cnc(N)nc2nc1N1CC[C@H](CN)C1. The molecule has 4 N–H and O–H groups in total. The lowest BCUT2D eigenvalue weighted by molar-refractivity contribution is 0.272. The summed E-state index contributed by atoms with van der Waals surface area (Å²) in [4.78, 5) is 15.6. The molecule has 1 atom stereocenters. The molecule has 0 spiro atoms. The zero-order chi connectivity index (χ0) is 21.3. The van der Waals surface area contributed by atoms with Crippen LogP contribution in [0.1, 0.15) is 20.3 Å². The Kier molecular flexibility index (Phi) is 5.92. The molecule has 1 fully saturated rings. The van der Waals surface area contributed by atoms with Gasteiger partial charge in [0.05, 0.1) is 11.6 Å². The molecule has 1 saturated heterocycles. The van der Waals surface area contributed by atoms with Crippen molar-refractivity contribution in [2.75, 3.05) is 36.9 Å². The van der Waals surface area contributed by atoms with Gasteiger partial charge in [-0.2, -0.15) is 4.98 Å². The first-order valence-electron chi connectivity index (χ1n) is 10.3. The van der Waals surface area contributed by atoms with Gasteiger partial charge in [-0.3, -0.25) is 0 Å². The van der Waals surface area contributed by atoms with Gasteiger partial charge in [0, 0.05) is 35.8 Å². The molecule has 0 amide bonds. The van der Waals surface area contributed by atoms with Gasteiger partial charge in [-0.1, -0.05) is 31.5 Å². The van der Waals surface area contributed by atoms with E-state index in [1.165, 1.54) is 0 Å². The number of hydrogen-bond donors (Lipinski definition) is 2. The highest BCUT2D eigenvalue weighted by atomic mass is 35.5. The summed E-state index contributed by atoms with van der Waals surface area (Å²) in [6.07, 6.45) is 2.72. The summed E-state index contributed by atoms with van der Waals surface area (Å²) >= 11 is 6.69. The van der Waals surface area contributed by atoms with E-state index in [-0.39, 0.29) is 5.95 Å². The van der Waals surface area contributed by atoms with Crippen LogP contribution in [-0.2, 0) is 0 Å². The molecular weight excluding hydrogens is 400 g/mol. The maximum absolute atomic E-state index is 6.69. The number of nitrogens with two attached hydrogens (primary N) is 2. The Morgan fingerprint density at radius 3 is 2.87 bits per heavy atom. The van der Waals surface area contributed by atoms with Crippen LogP contribution in [0.2, 0.25) is 5.02 Å². The number of ether oxygens (including phenoxy) is 1. The molecule has 0 bridgehead atoms. The number of nitrogen functional groups attached to an aromatic ring is 1. The van der Waals surface area contributed by atoms with E-state index in [4.69, 9.17) is 32.8 Å². The Bertz CT molecular complexity index is 1060. The Hall–Kier alpha value is -2.64. The van der Waals surface area contributed by atoms with E-state index >= 15 is 0 Å². The average Bonchev–Trinajstić information content (AvgIpc) is 3.20. The number of nitrogens with zero attached hydrogens (tertiary/aromatic N) is 4. The highest BCUT2D eigenvalue weighted by molar-refractivity contribution is 6.34. The highest BCUT2D eigenvalue weighted by Crippen LogP contribution is 2.43. The molecule has 0 aliphatic carbocycles. The number of anilines is 2. The van der Waals surface area contributed by atoms with E-state index in [2.05, 4.69) is 28.7 Å². The van der Waals surface area contributed by atoms with Crippen molar-refractivity contribution in [3.63, 3.8) is 0 Å². The van der Waals surface area contributed by atoms with Crippen LogP contribution in [0.3, 0.4) is 0 Å². The lowest BCUT2D eigenvalue weighted by atomic mass is 10.0. The van der Waals surface area contributed by atoms with Crippen LogP contribution in [0.4, 0.5) is 11.8 Å². The summed E-state index contributed by atoms with van der Waals surface area (Å²) in [5.41, 5.74) is 14.0. The second-order valence-corrected chi connectivity index (χ2v) is 8.56. The third-order valence-electron chi connectivity index (χ3n) is 5.30. The summed E-state index contributed by atoms with van der Waals surface area (Å²) in [7, 11) is 0. The second kappa shape index (κ2) is 8.62. The minimum absolute atomic E-state index is 0.202. The van der Waals surface area contributed by atoms with E-state index in [9.17, 15) is 0 Å². The van der Waals surface area contributed by atoms with Gasteiger partial charge in [0.2, 0.25) is 5.95 Å². The van der Waals surface area contributed by atoms with Crippen molar-refractivity contribution in [3.05, 3.63) is 35.5 Å². The van der Waals surface area contributed by atoms with Crippen molar-refractivity contribution in [2.24, 2.45) is 17.6 Å². The number of rotatable bonds is 6. The summed E-state index contributed by atoms with van der Waals surface area (Å²) in [5.74, 6) is 2.59. The first kappa shape index (κ1) is 20.6. The van der Waals surface area contributed by atoms with Gasteiger partial charge >= 0.3 is 0 Å². The Labute approximate surface area is 181 Å². The molecule has 7 nitrogen and oxygen atoms in total. The van der Waals surface area contributed by atoms with Crippen LogP contribution in [0.15, 0.2) is 30.5 Å². The van der Waals surface area contributed by atoms with Crippen LogP contribution in [0, 0.1) is 11.8 Å². The molecule has 4 rings (SSSR count). The normalized spacial score (nSPS) is 16.6. The third kappa shape index (κ3) is 4.13. The molecule has 1 aliphatic heterocycles. The van der Waals surface area contributed by atoms with E-state index in [1.54, 1.807) is 6.20 Å². The van der Waals surface area contributed by atoms with Crippen LogP contribution < -0.4 is 21.1 Å². The molecule has 0 unspecified atom stereocenters. The van der Waals surface area contributed by atoms with Crippen molar-refractivity contribution in [1.82, 2.24) is 15.0 Å². The van der Waals surface area contributed by atoms with Gasteiger partial charge in [-0.05, 0) is 43.0 Å². The number of fused-ring (bicyclic) bond motifs is 1. The molecule has 0 saturated carbocycles. The molecule has 1 aromatic carbocycles. The zero-order valence-corrected chi connectivity index (χ0v) is 18.1. The summed E-state index contributed by atoms with van der Waals surface area (Å²) in [6.45, 7) is 7.21. The number of benzene rings is 1. The van der Waals surface area contributed by atoms with Crippen molar-refractivity contribution < 1.29 is 4.74 Å². The number of hydrogen-bond acceptors (Lipinski definition) is 7. The molecule has 1 aliphatic rings. The van der Waals surface area contributed by atoms with Gasteiger partial charge in [-0.15, -0.1) is 0 Å². The molecule has 158 valence electrons. The van der Waals surface area contributed by atoms with Crippen LogP contribution in [0.5, 0.6) is 5.75 Å². The smallest absolute Gasteiger partial charge is 0.222 e. The highest BCUT2D eigenvalue weighted by Gasteiger charge is 2.27. The first-order valence-corrected chi connectivity index (χ1v) is 10.6. The topological polar surface area (TPSA) is 103 Å². The summed E-state index contributed by atoms with van der Waals surface area (Å²) in [6, 6.07) is 7.75. The largest absolute Gasteiger partial charge is 0.493 e. The first-order chi connectivity index (χ1) is 14.5. The van der Waals surface area contributed by atoms with Crippen molar-refractivity contribution in [2.45, 2.75) is 20.3 Å². The Morgan fingerprint density at radius 1 is 1.30 bits per heavy atom. The van der Waals surface area contributed by atoms with Crippen molar-refractivity contribution >= 4 is 34.4 Å². The molecule has 3 aromatic rings. The summed E-state index contributed by atoms with van der Waals surface area (Å²) in [5, 5.41) is 1.41. The average molecular weight is 427 g/mol. The lowest BCUT2D eigenvalue weighted by Gasteiger charge is -2.23. The zero-order valence-electron chi connectivity index (χ0n) is 17.3. The molecule has 3 heterocycles. The fourth-order valence-corrected chi connectivity index (χ4v) is 4.02. The van der Waals surface area contributed by atoms with E-state index in [1.807, 2.05) is 24.3 Å². The monoisotopic (exact) mass is 426 g/mol. The number of aromatic nitrogens is 3. The van der Waals surface area contributed by atoms with Gasteiger partial charge in [0.1, 0.15) is 11.6 Å². The predicted molar refractivity (Wildman–Crippen MR) is 122 cm³/mol. The quantitative estimate of drug-likeness (QED) is 0.618. The predicted octanol–water partition coefficient (Wildman–Crippen LogP) is 3.75. The van der Waals surface area contributed by atoms with Crippen LogP contribution in [0.25, 0.3) is 22.2 Å². The minimum Gasteiger partial charge on any atom is -0.493 e. The van der Waals surface area contributed by atoms with Crippen molar-refractivity contribution in [1.29, 1.82) is 0 Å². The van der Waals surface area contributed by atoms with Gasteiger partial charge < -0.3 is 21.1 Å². The van der Waals surface area contributed by atoms with Crippen LogP contribution >= 0.6 is 11.6 Å². The lowest BCUT2D eigenvalue weighted by Crippen LogP contribution is -2.24. The second-order valence-electron chi connectivity index (χ2n) is 8.15. The minimum atomic E-state index is 0.202. The maximum atomic E-state index is 6.69. The van der Waals surface area contributed by atoms with E-state index in [0.717, 1.165) is 47.6 Å². The van der Waals surface area contributed by atoms with Gasteiger partial charge in [-0.25, -0.2) is 9.97 Å². The third-order valence-corrected chi connectivity index (χ3v) is 5.62. The Morgan fingerprint density at radius 2 is 2.13 bits per heavy atom. The van der Waals surface area contributed by atoms with E-state index in [0.29, 0.717) is 35.7 Å². The fourth-order valence-electron chi connectivity index (χ4n) is 3.75. The fraction of sp³-hybridized carbons (Fsp3) is 0.409. The van der Waals surface area contributed by atoms with E-state index < -0.39 is 0 Å². The van der Waals surface area contributed by atoms with Crippen molar-refractivity contribution in [3.8, 4) is 16.9 Å².